The van der Waals surface area contributed by atoms with Gasteiger partial charge >= 0.3 is 0 Å². The number of anilines is 2. The molecule has 2 aromatic carbocycles. The summed E-state index contributed by atoms with van der Waals surface area (Å²) in [7, 11) is 0. The van der Waals surface area contributed by atoms with E-state index in [1.165, 1.54) is 18.2 Å². The van der Waals surface area contributed by atoms with Crippen LogP contribution in [0.1, 0.15) is 17.3 Å². The van der Waals surface area contributed by atoms with Gasteiger partial charge in [0, 0.05) is 11.3 Å². The van der Waals surface area contributed by atoms with Gasteiger partial charge in [0.2, 0.25) is 0 Å². The molecule has 1 amide bonds. The summed E-state index contributed by atoms with van der Waals surface area (Å²) in [6.45, 7) is 2.46. The van der Waals surface area contributed by atoms with E-state index >= 15 is 0 Å². The highest BCUT2D eigenvalue weighted by Gasteiger charge is 2.07. The molecule has 0 spiro atoms. The molecule has 3 N–H and O–H groups in total. The van der Waals surface area contributed by atoms with Crippen LogP contribution in [-0.2, 0) is 0 Å². The molecule has 0 atom stereocenters. The standard InChI is InChI=1S/C15H15FN2O2/c1-2-20-12-6-3-10(4-7-12)15(19)18-11-5-8-13(16)14(17)9-11/h3-9H,2,17H2,1H3,(H,18,19). The van der Waals surface area contributed by atoms with Crippen LogP contribution in [0.5, 0.6) is 5.75 Å². The summed E-state index contributed by atoms with van der Waals surface area (Å²) in [5.41, 5.74) is 6.37. The maximum absolute atomic E-state index is 13.0. The monoisotopic (exact) mass is 274 g/mol. The zero-order valence-electron chi connectivity index (χ0n) is 11.0. The third kappa shape index (κ3) is 3.26. The van der Waals surface area contributed by atoms with Gasteiger partial charge in [-0.05, 0) is 49.4 Å². The van der Waals surface area contributed by atoms with Crippen molar-refractivity contribution < 1.29 is 13.9 Å². The van der Waals surface area contributed by atoms with Crippen LogP contribution in [-0.4, -0.2) is 12.5 Å². The molecule has 0 bridgehead atoms. The minimum absolute atomic E-state index is 0.00510. The van der Waals surface area contributed by atoms with E-state index in [0.29, 0.717) is 23.6 Å². The summed E-state index contributed by atoms with van der Waals surface area (Å²) >= 11 is 0. The number of carbonyl (C=O) groups excluding carboxylic acids is 1. The molecule has 0 aliphatic heterocycles. The van der Waals surface area contributed by atoms with E-state index in [9.17, 15) is 9.18 Å². The zero-order chi connectivity index (χ0) is 14.5. The van der Waals surface area contributed by atoms with Crippen LogP contribution in [0.2, 0.25) is 0 Å². The Morgan fingerprint density at radius 3 is 2.55 bits per heavy atom. The molecular formula is C15H15FN2O2. The largest absolute Gasteiger partial charge is 0.494 e. The van der Waals surface area contributed by atoms with Gasteiger partial charge in [-0.15, -0.1) is 0 Å². The molecule has 0 saturated heterocycles. The number of amides is 1. The zero-order valence-corrected chi connectivity index (χ0v) is 11.0. The molecule has 0 aliphatic carbocycles. The fourth-order valence-corrected chi connectivity index (χ4v) is 1.69. The Labute approximate surface area is 116 Å². The first-order valence-corrected chi connectivity index (χ1v) is 6.19. The molecule has 4 nitrogen and oxygen atoms in total. The minimum Gasteiger partial charge on any atom is -0.494 e. The van der Waals surface area contributed by atoms with Gasteiger partial charge in [0.15, 0.2) is 0 Å². The van der Waals surface area contributed by atoms with Crippen molar-refractivity contribution in [3.8, 4) is 5.75 Å². The number of nitrogen functional groups attached to an aromatic ring is 1. The fourth-order valence-electron chi connectivity index (χ4n) is 1.69. The van der Waals surface area contributed by atoms with Crippen LogP contribution in [0.4, 0.5) is 15.8 Å². The number of ether oxygens (including phenoxy) is 1. The molecule has 0 aromatic heterocycles. The van der Waals surface area contributed by atoms with Crippen LogP contribution < -0.4 is 15.8 Å². The summed E-state index contributed by atoms with van der Waals surface area (Å²) in [5.74, 6) is -0.0989. The minimum atomic E-state index is -0.510. The maximum atomic E-state index is 13.0. The smallest absolute Gasteiger partial charge is 0.255 e. The van der Waals surface area contributed by atoms with E-state index in [2.05, 4.69) is 5.32 Å². The second-order valence-corrected chi connectivity index (χ2v) is 4.15. The molecule has 5 heteroatoms. The average molecular weight is 274 g/mol. The van der Waals surface area contributed by atoms with E-state index < -0.39 is 5.82 Å². The number of benzene rings is 2. The van der Waals surface area contributed by atoms with Crippen molar-refractivity contribution in [1.29, 1.82) is 0 Å². The Kier molecular flexibility index (Phi) is 4.20. The maximum Gasteiger partial charge on any atom is 0.255 e. The predicted molar refractivity (Wildman–Crippen MR) is 76.4 cm³/mol. The highest BCUT2D eigenvalue weighted by molar-refractivity contribution is 6.04. The predicted octanol–water partition coefficient (Wildman–Crippen LogP) is 3.06. The molecule has 2 rings (SSSR count). The van der Waals surface area contributed by atoms with Gasteiger partial charge in [-0.2, -0.15) is 0 Å². The average Bonchev–Trinajstić information content (AvgIpc) is 2.44. The van der Waals surface area contributed by atoms with E-state index in [4.69, 9.17) is 10.5 Å². The third-order valence-electron chi connectivity index (χ3n) is 2.68. The Hall–Kier alpha value is -2.56. The lowest BCUT2D eigenvalue weighted by molar-refractivity contribution is 0.102. The van der Waals surface area contributed by atoms with Gasteiger partial charge in [-0.25, -0.2) is 4.39 Å². The Balaban J connectivity index is 2.09. The van der Waals surface area contributed by atoms with Crippen molar-refractivity contribution in [2.24, 2.45) is 0 Å². The fraction of sp³-hybridized carbons (Fsp3) is 0.133. The summed E-state index contributed by atoms with van der Waals surface area (Å²) < 4.78 is 18.3. The first-order chi connectivity index (χ1) is 9.60. The Morgan fingerprint density at radius 1 is 1.25 bits per heavy atom. The number of nitrogens with one attached hydrogen (secondary N) is 1. The van der Waals surface area contributed by atoms with Gasteiger partial charge < -0.3 is 15.8 Å². The van der Waals surface area contributed by atoms with Crippen LogP contribution in [0.25, 0.3) is 0 Å². The number of rotatable bonds is 4. The van der Waals surface area contributed by atoms with E-state index in [-0.39, 0.29) is 11.6 Å². The molecule has 2 aromatic rings. The number of hydrogen-bond acceptors (Lipinski definition) is 3. The second-order valence-electron chi connectivity index (χ2n) is 4.15. The number of hydrogen-bond donors (Lipinski definition) is 2. The number of carbonyl (C=O) groups is 1. The van der Waals surface area contributed by atoms with E-state index in [1.807, 2.05) is 6.92 Å². The van der Waals surface area contributed by atoms with Gasteiger partial charge in [-0.1, -0.05) is 0 Å². The van der Waals surface area contributed by atoms with Crippen molar-refractivity contribution >= 4 is 17.3 Å². The highest BCUT2D eigenvalue weighted by Crippen LogP contribution is 2.18. The van der Waals surface area contributed by atoms with Gasteiger partial charge in [0.1, 0.15) is 11.6 Å². The summed E-state index contributed by atoms with van der Waals surface area (Å²) in [6, 6.07) is 10.8. The normalized spacial score (nSPS) is 10.1. The third-order valence-corrected chi connectivity index (χ3v) is 2.68. The summed E-state index contributed by atoms with van der Waals surface area (Å²) in [4.78, 5) is 12.0. The molecule has 0 unspecified atom stereocenters. The number of halogens is 1. The molecular weight excluding hydrogens is 259 g/mol. The van der Waals surface area contributed by atoms with E-state index in [1.54, 1.807) is 24.3 Å². The molecule has 20 heavy (non-hydrogen) atoms. The van der Waals surface area contributed by atoms with Gasteiger partial charge in [0.25, 0.3) is 5.91 Å². The Bertz CT molecular complexity index is 612. The lowest BCUT2D eigenvalue weighted by atomic mass is 10.2. The summed E-state index contributed by atoms with van der Waals surface area (Å²) in [6.07, 6.45) is 0. The van der Waals surface area contributed by atoms with Crippen LogP contribution >= 0.6 is 0 Å². The Morgan fingerprint density at radius 2 is 1.95 bits per heavy atom. The SMILES string of the molecule is CCOc1ccc(C(=O)Nc2ccc(F)c(N)c2)cc1. The second kappa shape index (κ2) is 6.06. The highest BCUT2D eigenvalue weighted by atomic mass is 19.1. The lowest BCUT2D eigenvalue weighted by Gasteiger charge is -2.07. The molecule has 0 saturated carbocycles. The van der Waals surface area contributed by atoms with Gasteiger partial charge in [0.05, 0.1) is 12.3 Å². The van der Waals surface area contributed by atoms with Crippen LogP contribution in [0.3, 0.4) is 0 Å². The number of nitrogens with two attached hydrogens (primary N) is 1. The first-order valence-electron chi connectivity index (χ1n) is 6.19. The van der Waals surface area contributed by atoms with Crippen molar-refractivity contribution in [3.05, 3.63) is 53.8 Å². The van der Waals surface area contributed by atoms with Crippen molar-refractivity contribution in [1.82, 2.24) is 0 Å². The van der Waals surface area contributed by atoms with Gasteiger partial charge in [-0.3, -0.25) is 4.79 Å². The van der Waals surface area contributed by atoms with Crippen LogP contribution in [0.15, 0.2) is 42.5 Å². The van der Waals surface area contributed by atoms with Crippen LogP contribution in [0, 0.1) is 5.82 Å². The first kappa shape index (κ1) is 13.9. The molecule has 0 heterocycles. The van der Waals surface area contributed by atoms with Crippen molar-refractivity contribution in [2.75, 3.05) is 17.7 Å². The summed E-state index contributed by atoms with van der Waals surface area (Å²) in [5, 5.41) is 2.65. The van der Waals surface area contributed by atoms with E-state index in [0.717, 1.165) is 0 Å². The lowest BCUT2D eigenvalue weighted by Crippen LogP contribution is -2.12. The van der Waals surface area contributed by atoms with Crippen molar-refractivity contribution in [3.63, 3.8) is 0 Å². The van der Waals surface area contributed by atoms with Crippen molar-refractivity contribution in [2.45, 2.75) is 6.92 Å². The molecule has 104 valence electrons. The topological polar surface area (TPSA) is 64.3 Å². The quantitative estimate of drug-likeness (QED) is 0.842. The molecule has 0 aliphatic rings. The molecule has 0 radical (unpaired) electrons. The molecule has 0 fully saturated rings.